The molecule has 0 bridgehead atoms. The smallest absolute Gasteiger partial charge is 0.153 e. The molecule has 20 heavy (non-hydrogen) atoms. The summed E-state index contributed by atoms with van der Waals surface area (Å²) < 4.78 is 5.91. The van der Waals surface area contributed by atoms with Crippen LogP contribution in [0.2, 0.25) is 5.02 Å². The predicted octanol–water partition coefficient (Wildman–Crippen LogP) is 4.66. The number of rotatable bonds is 3. The quantitative estimate of drug-likeness (QED) is 0.760. The van der Waals surface area contributed by atoms with Gasteiger partial charge < -0.3 is 9.72 Å². The molecule has 3 nitrogen and oxygen atoms in total. The number of imidazole rings is 1. The molecule has 1 aromatic heterocycles. The summed E-state index contributed by atoms with van der Waals surface area (Å²) in [6.45, 7) is 4.02. The van der Waals surface area contributed by atoms with Crippen LogP contribution < -0.4 is 4.74 Å². The van der Waals surface area contributed by atoms with Crippen LogP contribution in [-0.2, 0) is 0 Å². The first-order valence-electron chi connectivity index (χ1n) is 6.50. The fourth-order valence-corrected chi connectivity index (χ4v) is 2.31. The normalized spacial score (nSPS) is 12.6. The molecule has 0 unspecified atom stereocenters. The second-order valence-electron chi connectivity index (χ2n) is 4.86. The zero-order valence-electron chi connectivity index (χ0n) is 11.4. The van der Waals surface area contributed by atoms with E-state index < -0.39 is 0 Å². The first-order valence-corrected chi connectivity index (χ1v) is 6.88. The van der Waals surface area contributed by atoms with E-state index in [1.807, 2.05) is 56.3 Å². The third-order valence-electron chi connectivity index (χ3n) is 3.15. The molecule has 1 N–H and O–H groups in total. The third kappa shape index (κ3) is 2.63. The Morgan fingerprint density at radius 2 is 2.05 bits per heavy atom. The van der Waals surface area contributed by atoms with Gasteiger partial charge in [-0.3, -0.25) is 0 Å². The van der Waals surface area contributed by atoms with Crippen LogP contribution in [0, 0.1) is 6.92 Å². The van der Waals surface area contributed by atoms with Gasteiger partial charge in [-0.15, -0.1) is 0 Å². The highest BCUT2D eigenvalue weighted by atomic mass is 35.5. The molecule has 0 aliphatic carbocycles. The van der Waals surface area contributed by atoms with Crippen LogP contribution in [0.25, 0.3) is 11.0 Å². The average molecular weight is 287 g/mol. The summed E-state index contributed by atoms with van der Waals surface area (Å²) in [6, 6.07) is 13.6. The van der Waals surface area contributed by atoms with E-state index in [-0.39, 0.29) is 6.10 Å². The molecule has 0 saturated carbocycles. The Balaban J connectivity index is 1.86. The number of nitrogens with one attached hydrogen (secondary N) is 1. The minimum atomic E-state index is -0.150. The number of aromatic amines is 1. The summed E-state index contributed by atoms with van der Waals surface area (Å²) in [6.07, 6.45) is -0.150. The van der Waals surface area contributed by atoms with Crippen LogP contribution in [0.1, 0.15) is 24.4 Å². The molecule has 0 aliphatic rings. The summed E-state index contributed by atoms with van der Waals surface area (Å²) in [5.74, 6) is 1.64. The van der Waals surface area contributed by atoms with Gasteiger partial charge >= 0.3 is 0 Å². The lowest BCUT2D eigenvalue weighted by molar-refractivity contribution is 0.218. The second-order valence-corrected chi connectivity index (χ2v) is 5.30. The van der Waals surface area contributed by atoms with E-state index >= 15 is 0 Å². The largest absolute Gasteiger partial charge is 0.483 e. The third-order valence-corrected chi connectivity index (χ3v) is 3.38. The molecule has 2 aromatic carbocycles. The minimum absolute atomic E-state index is 0.150. The van der Waals surface area contributed by atoms with E-state index in [2.05, 4.69) is 9.97 Å². The van der Waals surface area contributed by atoms with Crippen LogP contribution in [0.4, 0.5) is 0 Å². The number of hydrogen-bond donors (Lipinski definition) is 1. The van der Waals surface area contributed by atoms with E-state index in [1.54, 1.807) is 0 Å². The first kappa shape index (κ1) is 13.0. The van der Waals surface area contributed by atoms with Gasteiger partial charge in [0, 0.05) is 5.02 Å². The Hall–Kier alpha value is -2.00. The molecule has 3 rings (SSSR count). The number of H-pyrrole nitrogens is 1. The lowest BCUT2D eigenvalue weighted by Gasteiger charge is -2.12. The summed E-state index contributed by atoms with van der Waals surface area (Å²) >= 11 is 5.98. The van der Waals surface area contributed by atoms with Crippen molar-refractivity contribution in [3.8, 4) is 5.75 Å². The van der Waals surface area contributed by atoms with Crippen LogP contribution >= 0.6 is 11.6 Å². The molecule has 0 fully saturated rings. The van der Waals surface area contributed by atoms with Crippen LogP contribution in [0.15, 0.2) is 42.5 Å². The van der Waals surface area contributed by atoms with Gasteiger partial charge in [-0.05, 0) is 49.7 Å². The molecule has 0 radical (unpaired) electrons. The van der Waals surface area contributed by atoms with Gasteiger partial charge in [0.1, 0.15) is 11.6 Å². The van der Waals surface area contributed by atoms with Gasteiger partial charge in [0.2, 0.25) is 0 Å². The highest BCUT2D eigenvalue weighted by Crippen LogP contribution is 2.24. The van der Waals surface area contributed by atoms with Gasteiger partial charge in [-0.1, -0.05) is 23.7 Å². The Morgan fingerprint density at radius 1 is 1.20 bits per heavy atom. The molecule has 0 amide bonds. The van der Waals surface area contributed by atoms with Crippen molar-refractivity contribution < 1.29 is 4.74 Å². The van der Waals surface area contributed by atoms with E-state index in [0.29, 0.717) is 5.02 Å². The lowest BCUT2D eigenvalue weighted by Crippen LogP contribution is -2.05. The van der Waals surface area contributed by atoms with Crippen LogP contribution in [0.5, 0.6) is 5.75 Å². The molecule has 1 heterocycles. The highest BCUT2D eigenvalue weighted by molar-refractivity contribution is 6.31. The molecule has 0 saturated heterocycles. The number of aryl methyl sites for hydroxylation is 1. The Bertz CT molecular complexity index is 751. The van der Waals surface area contributed by atoms with Crippen molar-refractivity contribution in [1.82, 2.24) is 9.97 Å². The highest BCUT2D eigenvalue weighted by Gasteiger charge is 2.12. The Labute approximate surface area is 122 Å². The van der Waals surface area contributed by atoms with Crippen molar-refractivity contribution in [2.24, 2.45) is 0 Å². The van der Waals surface area contributed by atoms with E-state index in [4.69, 9.17) is 16.3 Å². The van der Waals surface area contributed by atoms with Crippen molar-refractivity contribution in [3.63, 3.8) is 0 Å². The Kier molecular flexibility index (Phi) is 3.36. The standard InChI is InChI=1S/C16H15ClN2O/c1-10-4-3-5-13(8-10)20-11(2)16-18-14-7-6-12(17)9-15(14)19-16/h3-9,11H,1-2H3,(H,18,19)/t11-/m1/s1. The predicted molar refractivity (Wildman–Crippen MR) is 81.3 cm³/mol. The van der Waals surface area contributed by atoms with Gasteiger partial charge in [-0.25, -0.2) is 4.98 Å². The van der Waals surface area contributed by atoms with Crippen molar-refractivity contribution >= 4 is 22.6 Å². The maximum Gasteiger partial charge on any atom is 0.153 e. The zero-order valence-corrected chi connectivity index (χ0v) is 12.1. The topological polar surface area (TPSA) is 37.9 Å². The second kappa shape index (κ2) is 5.17. The fraction of sp³-hybridized carbons (Fsp3) is 0.188. The number of benzene rings is 2. The van der Waals surface area contributed by atoms with E-state index in [9.17, 15) is 0 Å². The first-order chi connectivity index (χ1) is 9.61. The lowest BCUT2D eigenvalue weighted by atomic mass is 10.2. The number of fused-ring (bicyclic) bond motifs is 1. The molecule has 0 spiro atoms. The van der Waals surface area contributed by atoms with Crippen LogP contribution in [-0.4, -0.2) is 9.97 Å². The molecule has 1 atom stereocenters. The van der Waals surface area contributed by atoms with E-state index in [0.717, 1.165) is 22.6 Å². The number of hydrogen-bond acceptors (Lipinski definition) is 2. The summed E-state index contributed by atoms with van der Waals surface area (Å²) in [4.78, 5) is 7.78. The van der Waals surface area contributed by atoms with Gasteiger partial charge in [-0.2, -0.15) is 0 Å². The maximum atomic E-state index is 5.98. The molecule has 3 aromatic rings. The van der Waals surface area contributed by atoms with E-state index in [1.165, 1.54) is 5.56 Å². The number of nitrogens with zero attached hydrogens (tertiary/aromatic N) is 1. The fourth-order valence-electron chi connectivity index (χ4n) is 2.14. The summed E-state index contributed by atoms with van der Waals surface area (Å²) in [7, 11) is 0. The maximum absolute atomic E-state index is 5.98. The monoisotopic (exact) mass is 286 g/mol. The minimum Gasteiger partial charge on any atom is -0.483 e. The number of aromatic nitrogens is 2. The molecular formula is C16H15ClN2O. The van der Waals surface area contributed by atoms with Crippen LogP contribution in [0.3, 0.4) is 0 Å². The summed E-state index contributed by atoms with van der Waals surface area (Å²) in [5.41, 5.74) is 2.99. The van der Waals surface area contributed by atoms with Gasteiger partial charge in [0.05, 0.1) is 11.0 Å². The molecule has 102 valence electrons. The average Bonchev–Trinajstić information content (AvgIpc) is 2.81. The number of ether oxygens (including phenoxy) is 1. The van der Waals surface area contributed by atoms with Gasteiger partial charge in [0.15, 0.2) is 6.10 Å². The molecular weight excluding hydrogens is 272 g/mol. The van der Waals surface area contributed by atoms with Crippen molar-refractivity contribution in [2.75, 3.05) is 0 Å². The van der Waals surface area contributed by atoms with Crippen molar-refractivity contribution in [1.29, 1.82) is 0 Å². The number of halogens is 1. The summed E-state index contributed by atoms with van der Waals surface area (Å²) in [5, 5.41) is 0.694. The van der Waals surface area contributed by atoms with Crippen molar-refractivity contribution in [3.05, 3.63) is 58.9 Å². The zero-order chi connectivity index (χ0) is 14.1. The molecule has 4 heteroatoms. The SMILES string of the molecule is Cc1cccc(O[C@H](C)c2nc3ccc(Cl)cc3[nH]2)c1. The van der Waals surface area contributed by atoms with Crippen molar-refractivity contribution in [2.45, 2.75) is 20.0 Å². The van der Waals surface area contributed by atoms with Gasteiger partial charge in [0.25, 0.3) is 0 Å². The Morgan fingerprint density at radius 3 is 2.85 bits per heavy atom. The molecule has 0 aliphatic heterocycles.